The average molecular weight is 381 g/mol. The van der Waals surface area contributed by atoms with Crippen molar-refractivity contribution in [2.45, 2.75) is 29.3 Å². The number of alkyl halides is 3. The first-order valence-corrected chi connectivity index (χ1v) is 8.81. The fraction of sp³-hybridized carbons (Fsp3) is 0.417. The molecule has 1 aliphatic carbocycles. The number of carbonyl (C=O) groups is 1. The number of halogens is 3. The Balaban J connectivity index is 2.46. The highest BCUT2D eigenvalue weighted by Crippen LogP contribution is 2.44. The van der Waals surface area contributed by atoms with E-state index in [1.165, 1.54) is 0 Å². The van der Waals surface area contributed by atoms with Crippen molar-refractivity contribution in [2.75, 3.05) is 5.75 Å². The van der Waals surface area contributed by atoms with Gasteiger partial charge in [-0.25, -0.2) is 4.98 Å². The Morgan fingerprint density at radius 2 is 2.12 bits per heavy atom. The molecule has 0 radical (unpaired) electrons. The summed E-state index contributed by atoms with van der Waals surface area (Å²) in [5.74, 6) is -1.90. The first-order valence-electron chi connectivity index (χ1n) is 6.42. The Kier molecular flexibility index (Phi) is 4.95. The van der Waals surface area contributed by atoms with Crippen LogP contribution in [0.2, 0.25) is 0 Å². The summed E-state index contributed by atoms with van der Waals surface area (Å²) in [5, 5.41) is 9.13. The third kappa shape index (κ3) is 4.09. The summed E-state index contributed by atoms with van der Waals surface area (Å²) in [5.41, 5.74) is -0.206. The van der Waals surface area contributed by atoms with Gasteiger partial charge in [-0.2, -0.15) is 26.9 Å². The number of rotatable bonds is 6. The number of hydrogen-bond donors (Lipinski definition) is 1. The van der Waals surface area contributed by atoms with Crippen molar-refractivity contribution < 1.29 is 30.6 Å². The molecule has 130 valence electrons. The molecule has 1 heterocycles. The normalized spacial score (nSPS) is 14.9. The van der Waals surface area contributed by atoms with E-state index in [1.54, 1.807) is 0 Å². The van der Waals surface area contributed by atoms with E-state index in [1.807, 2.05) is 6.07 Å². The van der Waals surface area contributed by atoms with Crippen LogP contribution < -0.4 is 9.92 Å². The highest BCUT2D eigenvalue weighted by atomic mass is 32.2. The lowest BCUT2D eigenvalue weighted by atomic mass is 10.1. The highest BCUT2D eigenvalue weighted by Gasteiger charge is 2.49. The zero-order valence-corrected chi connectivity index (χ0v) is 13.5. The summed E-state index contributed by atoms with van der Waals surface area (Å²) in [6.07, 6.45) is 1.40. The van der Waals surface area contributed by atoms with Gasteiger partial charge in [-0.05, 0) is 24.3 Å². The Morgan fingerprint density at radius 3 is 2.58 bits per heavy atom. The molecule has 1 saturated carbocycles. The number of aromatic nitrogens is 1. The van der Waals surface area contributed by atoms with Crippen LogP contribution in [-0.4, -0.2) is 30.6 Å². The second-order valence-electron chi connectivity index (χ2n) is 4.85. The second-order valence-corrected chi connectivity index (χ2v) is 7.36. The molecule has 24 heavy (non-hydrogen) atoms. The minimum atomic E-state index is -5.89. The predicted octanol–water partition coefficient (Wildman–Crippen LogP) is 1.64. The van der Waals surface area contributed by atoms with Crippen LogP contribution in [0.5, 0.6) is 5.88 Å². The van der Waals surface area contributed by atoms with Crippen molar-refractivity contribution in [1.82, 2.24) is 4.98 Å². The fourth-order valence-electron chi connectivity index (χ4n) is 1.79. The number of primary amides is 1. The summed E-state index contributed by atoms with van der Waals surface area (Å²) in [6.45, 7) is 0. The van der Waals surface area contributed by atoms with Gasteiger partial charge in [0.05, 0.1) is 11.3 Å². The first-order chi connectivity index (χ1) is 11.0. The van der Waals surface area contributed by atoms with Crippen molar-refractivity contribution in [1.29, 1.82) is 5.26 Å². The molecule has 2 N–H and O–H groups in total. The number of pyridine rings is 1. The molecule has 0 saturated heterocycles. The van der Waals surface area contributed by atoms with Crippen molar-refractivity contribution in [2.24, 2.45) is 5.73 Å². The Morgan fingerprint density at radius 1 is 1.50 bits per heavy atom. The third-order valence-corrected chi connectivity index (χ3v) is 4.91. The van der Waals surface area contributed by atoms with E-state index in [-0.39, 0.29) is 22.3 Å². The Bertz CT molecular complexity index is 814. The van der Waals surface area contributed by atoms with E-state index in [0.29, 0.717) is 18.4 Å². The van der Waals surface area contributed by atoms with Crippen LogP contribution in [0.25, 0.3) is 0 Å². The largest absolute Gasteiger partial charge is 0.534 e. The molecule has 0 unspecified atom stereocenters. The first kappa shape index (κ1) is 18.3. The maximum atomic E-state index is 12.4. The Labute approximate surface area is 139 Å². The van der Waals surface area contributed by atoms with Gasteiger partial charge >= 0.3 is 15.6 Å². The number of thioether (sulfide) groups is 1. The van der Waals surface area contributed by atoms with Crippen LogP contribution in [0.15, 0.2) is 11.1 Å². The van der Waals surface area contributed by atoms with Gasteiger partial charge in [-0.15, -0.1) is 0 Å². The van der Waals surface area contributed by atoms with Crippen molar-refractivity contribution in [3.63, 3.8) is 0 Å². The maximum absolute atomic E-state index is 12.4. The molecule has 1 aliphatic rings. The van der Waals surface area contributed by atoms with Crippen LogP contribution in [0, 0.1) is 11.3 Å². The third-order valence-electron chi connectivity index (χ3n) is 2.95. The van der Waals surface area contributed by atoms with Crippen molar-refractivity contribution in [3.05, 3.63) is 17.2 Å². The quantitative estimate of drug-likeness (QED) is 0.451. The fourth-order valence-corrected chi connectivity index (χ4v) is 2.94. The van der Waals surface area contributed by atoms with Crippen molar-refractivity contribution >= 4 is 27.8 Å². The second kappa shape index (κ2) is 6.48. The average Bonchev–Trinajstić information content (AvgIpc) is 3.27. The zero-order valence-electron chi connectivity index (χ0n) is 11.8. The van der Waals surface area contributed by atoms with Crippen LogP contribution in [-0.2, 0) is 14.9 Å². The van der Waals surface area contributed by atoms with Crippen LogP contribution in [0.3, 0.4) is 0 Å². The number of carbonyl (C=O) groups excluding carboxylic acids is 1. The molecule has 0 aromatic carbocycles. The minimum absolute atomic E-state index is 0.0699. The van der Waals surface area contributed by atoms with Crippen LogP contribution >= 0.6 is 11.8 Å². The molecule has 12 heteroatoms. The summed E-state index contributed by atoms with van der Waals surface area (Å²) in [7, 11) is -5.89. The number of nitriles is 1. The Hall–Kier alpha value is -2.00. The molecule has 1 aromatic rings. The molecule has 2 rings (SSSR count). The van der Waals surface area contributed by atoms with E-state index in [4.69, 9.17) is 5.73 Å². The standard InChI is InChI=1S/C12H10F3N3O4S2/c13-12(14,15)24(20,21)22-10-3-7(6-1-2-6)8(4-16)11(18-10)23-5-9(17)19/h3,6H,1-2,5H2,(H2,17,19). The summed E-state index contributed by atoms with van der Waals surface area (Å²) >= 11 is 0.723. The van der Waals surface area contributed by atoms with Gasteiger partial charge in [0.15, 0.2) is 0 Å². The van der Waals surface area contributed by atoms with Gasteiger partial charge in [-0.1, -0.05) is 11.8 Å². The molecule has 0 aliphatic heterocycles. The zero-order chi connectivity index (χ0) is 18.1. The van der Waals surface area contributed by atoms with E-state index in [9.17, 15) is 31.6 Å². The van der Waals surface area contributed by atoms with Gasteiger partial charge in [0.25, 0.3) is 0 Å². The number of amides is 1. The van der Waals surface area contributed by atoms with Crippen molar-refractivity contribution in [3.8, 4) is 11.9 Å². The number of nitrogens with zero attached hydrogens (tertiary/aromatic N) is 2. The molecule has 0 spiro atoms. The van der Waals surface area contributed by atoms with E-state index >= 15 is 0 Å². The van der Waals surface area contributed by atoms with Gasteiger partial charge in [0, 0.05) is 6.07 Å². The summed E-state index contributed by atoms with van der Waals surface area (Å²) in [6, 6.07) is 2.87. The lowest BCUT2D eigenvalue weighted by Crippen LogP contribution is -2.28. The molecular formula is C12H10F3N3O4S2. The van der Waals surface area contributed by atoms with E-state index in [2.05, 4.69) is 9.17 Å². The minimum Gasteiger partial charge on any atom is -0.369 e. The smallest absolute Gasteiger partial charge is 0.369 e. The summed E-state index contributed by atoms with van der Waals surface area (Å²) < 4.78 is 63.6. The van der Waals surface area contributed by atoms with Crippen LogP contribution in [0.4, 0.5) is 13.2 Å². The molecule has 1 amide bonds. The maximum Gasteiger partial charge on any atom is 0.534 e. The molecule has 0 atom stereocenters. The lowest BCUT2D eigenvalue weighted by Gasteiger charge is -2.12. The number of nitrogens with two attached hydrogens (primary N) is 1. The number of hydrogen-bond acceptors (Lipinski definition) is 7. The van der Waals surface area contributed by atoms with Gasteiger partial charge in [-0.3, -0.25) is 4.79 Å². The molecule has 0 bridgehead atoms. The molecule has 7 nitrogen and oxygen atoms in total. The summed E-state index contributed by atoms with van der Waals surface area (Å²) in [4.78, 5) is 14.5. The van der Waals surface area contributed by atoms with E-state index in [0.717, 1.165) is 17.8 Å². The van der Waals surface area contributed by atoms with Gasteiger partial charge < -0.3 is 9.92 Å². The SMILES string of the molecule is N#Cc1c(C2CC2)cc(OS(=O)(=O)C(F)(F)F)nc1SCC(N)=O. The highest BCUT2D eigenvalue weighted by molar-refractivity contribution is 8.00. The predicted molar refractivity (Wildman–Crippen MR) is 76.4 cm³/mol. The molecule has 1 fully saturated rings. The molecular weight excluding hydrogens is 371 g/mol. The lowest BCUT2D eigenvalue weighted by molar-refractivity contribution is -0.115. The van der Waals surface area contributed by atoms with Crippen LogP contribution in [0.1, 0.15) is 29.9 Å². The van der Waals surface area contributed by atoms with Gasteiger partial charge in [0.1, 0.15) is 11.1 Å². The van der Waals surface area contributed by atoms with Gasteiger partial charge in [0.2, 0.25) is 11.8 Å². The van der Waals surface area contributed by atoms with E-state index < -0.39 is 27.4 Å². The topological polar surface area (TPSA) is 123 Å². The molecule has 1 aromatic heterocycles. The monoisotopic (exact) mass is 381 g/mol.